The van der Waals surface area contributed by atoms with Crippen molar-refractivity contribution >= 4 is 45.5 Å². The molecule has 5 heterocycles. The summed E-state index contributed by atoms with van der Waals surface area (Å²) in [6, 6.07) is 10.8. The first kappa shape index (κ1) is 23.4. The molecule has 0 spiro atoms. The molecule has 0 aliphatic carbocycles. The van der Waals surface area contributed by atoms with Crippen LogP contribution in [0.5, 0.6) is 0 Å². The molecule has 0 saturated carbocycles. The van der Waals surface area contributed by atoms with E-state index in [0.29, 0.717) is 73.4 Å². The molecule has 0 bridgehead atoms. The maximum absolute atomic E-state index is 13.1. The number of furan rings is 1. The van der Waals surface area contributed by atoms with Gasteiger partial charge in [-0.15, -0.1) is 0 Å². The molecule has 37 heavy (non-hydrogen) atoms. The van der Waals surface area contributed by atoms with Gasteiger partial charge in [-0.2, -0.15) is 0 Å². The van der Waals surface area contributed by atoms with Crippen LogP contribution in [0.1, 0.15) is 26.2 Å². The highest BCUT2D eigenvalue weighted by atomic mass is 16.5. The number of hydrogen-bond donors (Lipinski definition) is 1. The van der Waals surface area contributed by atoms with Gasteiger partial charge in [0.2, 0.25) is 17.5 Å². The lowest BCUT2D eigenvalue weighted by Crippen LogP contribution is -2.49. The number of amides is 2. The first-order valence-electron chi connectivity index (χ1n) is 12.6. The monoisotopic (exact) mass is 500 g/mol. The van der Waals surface area contributed by atoms with Crippen molar-refractivity contribution in [3.05, 3.63) is 42.6 Å². The average molecular weight is 501 g/mol. The molecule has 1 unspecified atom stereocenters. The highest BCUT2D eigenvalue weighted by Crippen LogP contribution is 2.34. The molecule has 4 aromatic rings. The lowest BCUT2D eigenvalue weighted by Gasteiger charge is -2.33. The molecule has 6 rings (SSSR count). The number of carbonyl (C=O) groups is 2. The zero-order chi connectivity index (χ0) is 25.4. The Morgan fingerprint density at radius 3 is 2.76 bits per heavy atom. The number of anilines is 2. The van der Waals surface area contributed by atoms with Crippen molar-refractivity contribution in [2.75, 3.05) is 43.1 Å². The van der Waals surface area contributed by atoms with E-state index < -0.39 is 6.04 Å². The summed E-state index contributed by atoms with van der Waals surface area (Å²) in [5, 5.41) is 3.82. The topological polar surface area (TPSA) is 114 Å². The van der Waals surface area contributed by atoms with E-state index in [9.17, 15) is 9.59 Å². The van der Waals surface area contributed by atoms with E-state index in [2.05, 4.69) is 15.2 Å². The minimum absolute atomic E-state index is 0.0761. The maximum atomic E-state index is 13.1. The fourth-order valence-corrected chi connectivity index (χ4v) is 5.13. The number of pyridine rings is 1. The lowest BCUT2D eigenvalue weighted by molar-refractivity contribution is -0.138. The van der Waals surface area contributed by atoms with Gasteiger partial charge in [0.1, 0.15) is 11.6 Å². The largest absolute Gasteiger partial charge is 0.432 e. The fraction of sp³-hybridized carbons (Fsp3) is 0.370. The molecule has 1 N–H and O–H groups in total. The molecule has 2 saturated heterocycles. The van der Waals surface area contributed by atoms with Gasteiger partial charge in [0.15, 0.2) is 17.2 Å². The Morgan fingerprint density at radius 1 is 1.05 bits per heavy atom. The van der Waals surface area contributed by atoms with Crippen LogP contribution in [0.25, 0.3) is 33.6 Å². The van der Waals surface area contributed by atoms with Gasteiger partial charge >= 0.3 is 0 Å². The number of ether oxygens (including phenoxy) is 1. The SMILES string of the molecule is CC(=O)N1CCCCC1C(=O)Nc1cccc(-c2nc(N3CCOCC3)c3oc4ncccc4c3n2)c1. The fourth-order valence-electron chi connectivity index (χ4n) is 5.13. The standard InChI is InChI=1S/C27H28N6O4/c1-17(34)33-11-3-2-9-21(33)26(35)29-19-7-4-6-18(16-19)24-30-22-20-8-5-10-28-27(20)37-23(22)25(31-24)32-12-14-36-15-13-32/h4-8,10,16,21H,2-3,9,11-15H2,1H3,(H,29,35). The molecule has 2 aliphatic rings. The van der Waals surface area contributed by atoms with Gasteiger partial charge in [0.25, 0.3) is 0 Å². The Kier molecular flexibility index (Phi) is 6.17. The molecule has 3 aromatic heterocycles. The summed E-state index contributed by atoms with van der Waals surface area (Å²) < 4.78 is 11.6. The summed E-state index contributed by atoms with van der Waals surface area (Å²) in [7, 11) is 0. The second kappa shape index (κ2) is 9.78. The van der Waals surface area contributed by atoms with Gasteiger partial charge in [-0.3, -0.25) is 9.59 Å². The molecule has 2 aliphatic heterocycles. The van der Waals surface area contributed by atoms with Crippen LogP contribution in [-0.2, 0) is 14.3 Å². The number of hydrogen-bond acceptors (Lipinski definition) is 8. The van der Waals surface area contributed by atoms with Crippen molar-refractivity contribution < 1.29 is 18.7 Å². The van der Waals surface area contributed by atoms with Gasteiger partial charge in [-0.05, 0) is 43.5 Å². The zero-order valence-corrected chi connectivity index (χ0v) is 20.6. The Hall–Kier alpha value is -4.05. The van der Waals surface area contributed by atoms with Crippen LogP contribution in [0, 0.1) is 0 Å². The third kappa shape index (κ3) is 4.48. The van der Waals surface area contributed by atoms with Gasteiger partial charge in [0.05, 0.1) is 18.6 Å². The average Bonchev–Trinajstić information content (AvgIpc) is 3.32. The minimum atomic E-state index is -0.458. The molecule has 2 amide bonds. The Bertz CT molecular complexity index is 1480. The van der Waals surface area contributed by atoms with E-state index >= 15 is 0 Å². The van der Waals surface area contributed by atoms with Gasteiger partial charge in [0, 0.05) is 44.0 Å². The van der Waals surface area contributed by atoms with Gasteiger partial charge in [-0.1, -0.05) is 12.1 Å². The number of piperidine rings is 1. The number of likely N-dealkylation sites (tertiary alicyclic amines) is 1. The Labute approximate surface area is 213 Å². The van der Waals surface area contributed by atoms with E-state index in [1.165, 1.54) is 6.92 Å². The summed E-state index contributed by atoms with van der Waals surface area (Å²) in [6.07, 6.45) is 4.20. The minimum Gasteiger partial charge on any atom is -0.432 e. The summed E-state index contributed by atoms with van der Waals surface area (Å²) in [5.41, 5.74) is 3.21. The predicted molar refractivity (Wildman–Crippen MR) is 139 cm³/mol. The maximum Gasteiger partial charge on any atom is 0.247 e. The van der Waals surface area contributed by atoms with E-state index in [1.807, 2.05) is 36.4 Å². The Morgan fingerprint density at radius 2 is 1.92 bits per heavy atom. The molecule has 10 nitrogen and oxygen atoms in total. The number of nitrogens with zero attached hydrogens (tertiary/aromatic N) is 5. The molecule has 0 radical (unpaired) electrons. The number of benzene rings is 1. The number of fused-ring (bicyclic) bond motifs is 3. The van der Waals surface area contributed by atoms with Crippen molar-refractivity contribution in [1.29, 1.82) is 0 Å². The second-order valence-corrected chi connectivity index (χ2v) is 9.40. The van der Waals surface area contributed by atoms with Crippen LogP contribution >= 0.6 is 0 Å². The van der Waals surface area contributed by atoms with E-state index in [1.54, 1.807) is 11.1 Å². The number of aromatic nitrogens is 3. The van der Waals surface area contributed by atoms with E-state index in [0.717, 1.165) is 23.8 Å². The molecule has 190 valence electrons. The van der Waals surface area contributed by atoms with Crippen molar-refractivity contribution in [1.82, 2.24) is 19.9 Å². The predicted octanol–water partition coefficient (Wildman–Crippen LogP) is 3.61. The van der Waals surface area contributed by atoms with Crippen molar-refractivity contribution in [3.8, 4) is 11.4 Å². The second-order valence-electron chi connectivity index (χ2n) is 9.40. The summed E-state index contributed by atoms with van der Waals surface area (Å²) in [6.45, 7) is 4.73. The summed E-state index contributed by atoms with van der Waals surface area (Å²) >= 11 is 0. The van der Waals surface area contributed by atoms with Crippen LogP contribution in [0.3, 0.4) is 0 Å². The number of morpholine rings is 1. The molecule has 1 atom stereocenters. The third-order valence-electron chi connectivity index (χ3n) is 6.98. The van der Waals surface area contributed by atoms with Crippen LogP contribution in [0.4, 0.5) is 11.5 Å². The quantitative estimate of drug-likeness (QED) is 0.452. The lowest BCUT2D eigenvalue weighted by atomic mass is 10.0. The smallest absolute Gasteiger partial charge is 0.247 e. The first-order valence-corrected chi connectivity index (χ1v) is 12.6. The molecular weight excluding hydrogens is 472 g/mol. The van der Waals surface area contributed by atoms with Crippen molar-refractivity contribution in [2.24, 2.45) is 0 Å². The number of nitrogens with one attached hydrogen (secondary N) is 1. The summed E-state index contributed by atoms with van der Waals surface area (Å²) in [4.78, 5) is 43.1. The Balaban J connectivity index is 1.37. The highest BCUT2D eigenvalue weighted by molar-refractivity contribution is 6.05. The van der Waals surface area contributed by atoms with Crippen LogP contribution in [-0.4, -0.2) is 70.6 Å². The molecular formula is C27H28N6O4. The van der Waals surface area contributed by atoms with Crippen LogP contribution in [0.15, 0.2) is 47.0 Å². The van der Waals surface area contributed by atoms with Crippen LogP contribution in [0.2, 0.25) is 0 Å². The summed E-state index contributed by atoms with van der Waals surface area (Å²) in [5.74, 6) is 0.979. The number of rotatable bonds is 4. The normalized spacial score (nSPS) is 18.4. The van der Waals surface area contributed by atoms with Crippen molar-refractivity contribution in [2.45, 2.75) is 32.2 Å². The van der Waals surface area contributed by atoms with E-state index in [-0.39, 0.29) is 11.8 Å². The first-order chi connectivity index (χ1) is 18.1. The highest BCUT2D eigenvalue weighted by Gasteiger charge is 2.30. The molecule has 1 aromatic carbocycles. The number of carbonyl (C=O) groups excluding carboxylic acids is 2. The van der Waals surface area contributed by atoms with E-state index in [4.69, 9.17) is 19.1 Å². The van der Waals surface area contributed by atoms with Gasteiger partial charge < -0.3 is 24.3 Å². The zero-order valence-electron chi connectivity index (χ0n) is 20.6. The van der Waals surface area contributed by atoms with Crippen molar-refractivity contribution in [3.63, 3.8) is 0 Å². The van der Waals surface area contributed by atoms with Crippen LogP contribution < -0.4 is 10.2 Å². The molecule has 2 fully saturated rings. The third-order valence-corrected chi connectivity index (χ3v) is 6.98. The van der Waals surface area contributed by atoms with Gasteiger partial charge in [-0.25, -0.2) is 15.0 Å². The molecule has 10 heteroatoms.